The van der Waals surface area contributed by atoms with Crippen LogP contribution >= 0.6 is 118 Å². The van der Waals surface area contributed by atoms with Gasteiger partial charge >= 0.3 is 29.6 Å². The Balaban J connectivity index is 0.000000714. The number of hydrogen-bond acceptors (Lipinski definition) is 20. The van der Waals surface area contributed by atoms with Crippen LogP contribution in [0.25, 0.3) is 0 Å². The Morgan fingerprint density at radius 2 is 1.03 bits per heavy atom. The number of piperazine rings is 1. The van der Waals surface area contributed by atoms with E-state index in [1.54, 1.807) is 60.6 Å². The summed E-state index contributed by atoms with van der Waals surface area (Å²) in [5, 5.41) is 25.2. The predicted molar refractivity (Wildman–Crippen MR) is 262 cm³/mol. The van der Waals surface area contributed by atoms with Crippen LogP contribution in [0.2, 0.25) is 0 Å². The molecule has 27 heteroatoms. The van der Waals surface area contributed by atoms with Gasteiger partial charge in [-0.15, -0.1) is 20.4 Å². The van der Waals surface area contributed by atoms with Crippen LogP contribution in [-0.2, 0) is 4.74 Å². The summed E-state index contributed by atoms with van der Waals surface area (Å²) < 4.78 is 9.43. The van der Waals surface area contributed by atoms with Crippen molar-refractivity contribution < 1.29 is 35.7 Å². The molecule has 0 spiro atoms. The van der Waals surface area contributed by atoms with Crippen molar-refractivity contribution in [1.82, 2.24) is 70.9 Å². The van der Waals surface area contributed by atoms with E-state index in [0.717, 1.165) is 68.2 Å². The van der Waals surface area contributed by atoms with E-state index in [4.69, 9.17) is 10.5 Å². The number of nitrogens with two attached hydrogens (primary N) is 1. The van der Waals surface area contributed by atoms with Gasteiger partial charge in [-0.05, 0) is 134 Å². The second-order valence-corrected chi connectivity index (χ2v) is 17.8. The Bertz CT molecular complexity index is 1790. The second-order valence-electron chi connectivity index (χ2n) is 11.3. The van der Waals surface area contributed by atoms with Crippen molar-refractivity contribution in [1.29, 1.82) is 0 Å². The van der Waals surface area contributed by atoms with Crippen LogP contribution < -0.4 is 56.1 Å². The molecule has 3 saturated heterocycles. The van der Waals surface area contributed by atoms with Crippen LogP contribution in [0.15, 0.2) is 88.2 Å². The Morgan fingerprint density at radius 3 is 1.34 bits per heavy atom. The Kier molecular flexibility index (Phi) is 34.8. The Morgan fingerprint density at radius 1 is 0.574 bits per heavy atom. The summed E-state index contributed by atoms with van der Waals surface area (Å²) in [6, 6.07) is 0. The topological polar surface area (TPSA) is 229 Å². The maximum Gasteiger partial charge on any atom is 1.00 e. The van der Waals surface area contributed by atoms with Gasteiger partial charge in [-0.2, -0.15) is 0 Å². The molecule has 0 aliphatic carbocycles. The van der Waals surface area contributed by atoms with Crippen molar-refractivity contribution in [2.24, 2.45) is 0 Å². The summed E-state index contributed by atoms with van der Waals surface area (Å²) in [5.74, 6) is 1.62. The molecule has 0 atom stereocenters. The standard InChI is InChI=1S/C8H11BrN4.C6H4BrN5S.C5H11N.2C4H2Br2N2.C4H8O.C2H3N3S.CH4.Na.H/c9-7-5-12-8(6-11-7)13-3-1-10-2-4-13;7-4-1-9-5(2-8-4)11-6-12-10-3-13-6;1-2-4-6-5-3-1;2*5-3-1-7-4(6)2-8-3;1-2-4-5-3-1;3-2-5-4-1-6-2;;;/h5-6,10H,1-4H2;1-3H,(H,9,11,12);6H,1-5H2;2*1-2H;1-4H2;1H,(H2,3,5);1H4;;/q;;;;;;;;+1;-1. The summed E-state index contributed by atoms with van der Waals surface area (Å²) in [6.07, 6.45) is 20.1. The number of hydrogen-bond donors (Lipinski definition) is 4. The molecule has 0 saturated carbocycles. The number of rotatable bonds is 3. The number of aromatic nitrogens is 12. The molecule has 328 valence electrons. The molecule has 18 nitrogen and oxygen atoms in total. The van der Waals surface area contributed by atoms with Crippen LogP contribution in [0.4, 0.5) is 21.9 Å². The van der Waals surface area contributed by atoms with Crippen molar-refractivity contribution >= 4 is 140 Å². The van der Waals surface area contributed by atoms with Crippen LogP contribution in [0, 0.1) is 0 Å². The van der Waals surface area contributed by atoms with Crippen molar-refractivity contribution in [2.45, 2.75) is 39.5 Å². The van der Waals surface area contributed by atoms with E-state index in [2.05, 4.69) is 177 Å². The maximum absolute atomic E-state index is 5.12. The summed E-state index contributed by atoms with van der Waals surface area (Å²) in [4.78, 5) is 34.3. The third kappa shape index (κ3) is 29.6. The van der Waals surface area contributed by atoms with Gasteiger partial charge in [-0.3, -0.25) is 0 Å². The van der Waals surface area contributed by atoms with Gasteiger partial charge in [0.15, 0.2) is 5.82 Å². The van der Waals surface area contributed by atoms with Crippen LogP contribution in [0.3, 0.4) is 0 Å². The minimum Gasteiger partial charge on any atom is -1.00 e. The van der Waals surface area contributed by atoms with E-state index in [1.165, 1.54) is 67.9 Å². The molecule has 61 heavy (non-hydrogen) atoms. The van der Waals surface area contributed by atoms with E-state index in [-0.39, 0.29) is 38.4 Å². The normalized spacial score (nSPS) is 13.4. The number of nitrogens with zero attached hydrogens (tertiary/aromatic N) is 13. The van der Waals surface area contributed by atoms with Crippen molar-refractivity contribution in [3.05, 3.63) is 88.2 Å². The Hall–Kier alpha value is -1.40. The molecule has 3 aliphatic heterocycles. The Labute approximate surface area is 438 Å². The molecule has 6 aromatic heterocycles. The SMILES string of the molecule is Brc1cnc(Br)cn1.Brc1cnc(Br)cn1.Brc1cnc(N2CCNCC2)cn1.Brc1cnc(Nc2nncs2)cn1.C.C1CCNCC1.C1CCOC1.Nc1nncs1.[H-].[Na+]. The largest absolute Gasteiger partial charge is 1.00 e. The van der Waals surface area contributed by atoms with Gasteiger partial charge in [-0.1, -0.05) is 36.5 Å². The fourth-order valence-corrected chi connectivity index (χ4v) is 6.14. The minimum absolute atomic E-state index is 0. The van der Waals surface area contributed by atoms with E-state index in [0.29, 0.717) is 20.7 Å². The molecule has 6 aromatic rings. The van der Waals surface area contributed by atoms with Crippen molar-refractivity contribution in [3.8, 4) is 0 Å². The first-order chi connectivity index (χ1) is 28.7. The number of nitrogen functional groups attached to an aromatic ring is 1. The molecule has 0 unspecified atom stereocenters. The predicted octanol–water partition coefficient (Wildman–Crippen LogP) is 5.92. The third-order valence-corrected chi connectivity index (χ3v) is 10.4. The molecule has 3 fully saturated rings. The second kappa shape index (κ2) is 36.9. The summed E-state index contributed by atoms with van der Waals surface area (Å²) in [6.45, 7) is 8.57. The maximum atomic E-state index is 5.12. The first-order valence-electron chi connectivity index (χ1n) is 17.7. The molecule has 9 rings (SSSR count). The van der Waals surface area contributed by atoms with Gasteiger partial charge in [0.05, 0.1) is 49.6 Å². The van der Waals surface area contributed by atoms with Crippen LogP contribution in [-0.4, -0.2) is 113 Å². The first kappa shape index (κ1) is 57.6. The third-order valence-electron chi connectivity index (χ3n) is 6.85. The summed E-state index contributed by atoms with van der Waals surface area (Å²) >= 11 is 21.8. The van der Waals surface area contributed by atoms with Crippen molar-refractivity contribution in [2.75, 3.05) is 68.4 Å². The molecule has 5 N–H and O–H groups in total. The molecule has 3 aliphatic rings. The molecule has 0 amide bonds. The number of piperidine rings is 1. The van der Waals surface area contributed by atoms with E-state index >= 15 is 0 Å². The van der Waals surface area contributed by atoms with E-state index in [1.807, 2.05) is 0 Å². The smallest absolute Gasteiger partial charge is 1.00 e. The molecule has 0 aromatic carbocycles. The van der Waals surface area contributed by atoms with Gasteiger partial charge in [0.1, 0.15) is 44.5 Å². The summed E-state index contributed by atoms with van der Waals surface area (Å²) in [5.41, 5.74) is 8.36. The number of ether oxygens (including phenoxy) is 1. The fourth-order valence-electron chi connectivity index (χ4n) is 4.16. The molecular weight excluding hydrogens is 1230 g/mol. The number of halogens is 6. The monoisotopic (exact) mass is 1270 g/mol. The minimum atomic E-state index is 0. The van der Waals surface area contributed by atoms with Gasteiger partial charge < -0.3 is 32.7 Å². The summed E-state index contributed by atoms with van der Waals surface area (Å²) in [7, 11) is 0. The number of nitrogens with one attached hydrogen (secondary N) is 3. The quantitative estimate of drug-likeness (QED) is 0.151. The van der Waals surface area contributed by atoms with E-state index in [9.17, 15) is 0 Å². The number of anilines is 4. The van der Waals surface area contributed by atoms with Crippen LogP contribution in [0.1, 0.15) is 41.0 Å². The zero-order chi connectivity index (χ0) is 42.3. The van der Waals surface area contributed by atoms with Gasteiger partial charge in [0, 0.05) is 39.4 Å². The van der Waals surface area contributed by atoms with Gasteiger partial charge in [0.2, 0.25) is 10.3 Å². The first-order valence-corrected chi connectivity index (χ1v) is 24.2. The zero-order valence-electron chi connectivity index (χ0n) is 33.3. The van der Waals surface area contributed by atoms with Crippen molar-refractivity contribution in [3.63, 3.8) is 0 Å². The van der Waals surface area contributed by atoms with Crippen LogP contribution in [0.5, 0.6) is 0 Å². The zero-order valence-corrected chi connectivity index (χ0v) is 45.5. The molecule has 0 bridgehead atoms. The van der Waals surface area contributed by atoms with Gasteiger partial charge in [0.25, 0.3) is 0 Å². The van der Waals surface area contributed by atoms with E-state index < -0.39 is 0 Å². The molecular formula is C34H46Br6N17NaOS2. The van der Waals surface area contributed by atoms with Gasteiger partial charge in [-0.25, -0.2) is 39.9 Å². The molecule has 0 radical (unpaired) electrons. The fraction of sp³-hybridized carbons (Fsp3) is 0.412. The molecule has 9 heterocycles. The average Bonchev–Trinajstić information content (AvgIpc) is 4.11. The average molecular weight is 1280 g/mol.